The quantitative estimate of drug-likeness (QED) is 0.526. The molecule has 5 nitrogen and oxygen atoms in total. The van der Waals surface area contributed by atoms with Gasteiger partial charge in [-0.15, -0.1) is 5.10 Å². The highest BCUT2D eigenvalue weighted by Crippen LogP contribution is 1.88. The van der Waals surface area contributed by atoms with Crippen LogP contribution in [0.15, 0.2) is 22.5 Å². The third-order valence-corrected chi connectivity index (χ3v) is 0.770. The lowest BCUT2D eigenvalue weighted by Crippen LogP contribution is -2.23. The summed E-state index contributed by atoms with van der Waals surface area (Å²) >= 11 is 0. The van der Waals surface area contributed by atoms with Crippen LogP contribution >= 0.6 is 0 Å². The molecule has 0 radical (unpaired) electrons. The van der Waals surface area contributed by atoms with E-state index < -0.39 is 5.91 Å². The molecule has 0 atom stereocenters. The van der Waals surface area contributed by atoms with Crippen LogP contribution in [0.3, 0.4) is 0 Å². The Balaban J connectivity index is 2.78. The summed E-state index contributed by atoms with van der Waals surface area (Å²) in [6.07, 6.45) is 4.16. The monoisotopic (exact) mass is 139 g/mol. The minimum Gasteiger partial charge on any atom is -0.442 e. The standard InChI is InChI=1S/C5H5N3O2/c6-4(9)5-8-7-2-1-3-10-5/h1-3H,(H2,6,9). The van der Waals surface area contributed by atoms with Crippen molar-refractivity contribution in [3.05, 3.63) is 12.3 Å². The first kappa shape index (κ1) is 6.47. The number of hydrogen-bond donors (Lipinski definition) is 1. The Morgan fingerprint density at radius 1 is 1.70 bits per heavy atom. The van der Waals surface area contributed by atoms with Crippen LogP contribution in [0.2, 0.25) is 0 Å². The van der Waals surface area contributed by atoms with Gasteiger partial charge in [0.2, 0.25) is 0 Å². The lowest BCUT2D eigenvalue weighted by atomic mass is 10.6. The number of allylic oxidation sites excluding steroid dienone is 1. The average molecular weight is 139 g/mol. The van der Waals surface area contributed by atoms with Crippen LogP contribution < -0.4 is 5.73 Å². The van der Waals surface area contributed by atoms with Gasteiger partial charge in [-0.05, 0) is 6.08 Å². The van der Waals surface area contributed by atoms with Crippen LogP contribution in [-0.2, 0) is 9.53 Å². The fraction of sp³-hybridized carbons (Fsp3) is 0. The molecule has 1 rings (SSSR count). The molecule has 1 aliphatic heterocycles. The van der Waals surface area contributed by atoms with E-state index in [-0.39, 0.29) is 5.90 Å². The van der Waals surface area contributed by atoms with E-state index in [9.17, 15) is 4.79 Å². The zero-order valence-corrected chi connectivity index (χ0v) is 5.02. The third kappa shape index (κ3) is 1.41. The largest absolute Gasteiger partial charge is 0.442 e. The number of carbonyl (C=O) groups excluding carboxylic acids is 1. The highest BCUT2D eigenvalue weighted by atomic mass is 16.5. The number of nitrogens with zero attached hydrogens (tertiary/aromatic N) is 2. The first-order valence-electron chi connectivity index (χ1n) is 2.53. The van der Waals surface area contributed by atoms with Gasteiger partial charge in [0.15, 0.2) is 0 Å². The van der Waals surface area contributed by atoms with Gasteiger partial charge in [-0.3, -0.25) is 4.79 Å². The molecule has 10 heavy (non-hydrogen) atoms. The van der Waals surface area contributed by atoms with E-state index in [0.717, 1.165) is 0 Å². The Morgan fingerprint density at radius 3 is 3.20 bits per heavy atom. The van der Waals surface area contributed by atoms with Crippen molar-refractivity contribution in [2.24, 2.45) is 15.9 Å². The van der Waals surface area contributed by atoms with Gasteiger partial charge < -0.3 is 10.5 Å². The maximum atomic E-state index is 10.4. The van der Waals surface area contributed by atoms with E-state index in [1.165, 1.54) is 18.6 Å². The Bertz CT molecular complexity index is 229. The maximum Gasteiger partial charge on any atom is 0.306 e. The van der Waals surface area contributed by atoms with Crippen LogP contribution in [-0.4, -0.2) is 18.0 Å². The van der Waals surface area contributed by atoms with Crippen molar-refractivity contribution in [3.63, 3.8) is 0 Å². The molecule has 52 valence electrons. The molecular weight excluding hydrogens is 134 g/mol. The summed E-state index contributed by atoms with van der Waals surface area (Å²) in [4.78, 5) is 10.4. The van der Waals surface area contributed by atoms with Crippen LogP contribution in [0.5, 0.6) is 0 Å². The van der Waals surface area contributed by atoms with E-state index in [1.807, 2.05) is 0 Å². The molecule has 1 aliphatic rings. The first-order chi connectivity index (χ1) is 4.80. The van der Waals surface area contributed by atoms with Gasteiger partial charge in [0.05, 0.1) is 12.5 Å². The molecule has 1 heterocycles. The molecule has 0 saturated carbocycles. The van der Waals surface area contributed by atoms with Crippen molar-refractivity contribution in [1.29, 1.82) is 0 Å². The highest BCUT2D eigenvalue weighted by Gasteiger charge is 2.06. The van der Waals surface area contributed by atoms with Crippen molar-refractivity contribution in [3.8, 4) is 0 Å². The van der Waals surface area contributed by atoms with Gasteiger partial charge in [-0.2, -0.15) is 5.10 Å². The van der Waals surface area contributed by atoms with E-state index >= 15 is 0 Å². The van der Waals surface area contributed by atoms with Crippen LogP contribution in [0.1, 0.15) is 0 Å². The summed E-state index contributed by atoms with van der Waals surface area (Å²) in [6.45, 7) is 0. The van der Waals surface area contributed by atoms with E-state index in [2.05, 4.69) is 14.9 Å². The van der Waals surface area contributed by atoms with E-state index in [4.69, 9.17) is 5.73 Å². The van der Waals surface area contributed by atoms with Gasteiger partial charge in [0.1, 0.15) is 0 Å². The summed E-state index contributed by atoms with van der Waals surface area (Å²) in [6, 6.07) is 0. The molecule has 5 heteroatoms. The molecule has 0 spiro atoms. The second kappa shape index (κ2) is 2.77. The number of primary amides is 1. The average Bonchev–Trinajstić information content (AvgIpc) is 2.12. The molecule has 0 aliphatic carbocycles. The zero-order valence-electron chi connectivity index (χ0n) is 5.02. The predicted molar refractivity (Wildman–Crippen MR) is 35.3 cm³/mol. The maximum absolute atomic E-state index is 10.4. The second-order valence-corrected chi connectivity index (χ2v) is 1.48. The molecule has 0 aromatic rings. The van der Waals surface area contributed by atoms with Crippen LogP contribution in [0.4, 0.5) is 0 Å². The summed E-state index contributed by atoms with van der Waals surface area (Å²) in [5.74, 6) is -0.936. The normalized spacial score (nSPS) is 15.4. The van der Waals surface area contributed by atoms with Crippen molar-refractivity contribution in [2.45, 2.75) is 0 Å². The smallest absolute Gasteiger partial charge is 0.306 e. The lowest BCUT2D eigenvalue weighted by Gasteiger charge is -1.93. The summed E-state index contributed by atoms with van der Waals surface area (Å²) in [5.41, 5.74) is 4.83. The topological polar surface area (TPSA) is 77.0 Å². The number of ether oxygens (including phenoxy) is 1. The molecule has 2 N–H and O–H groups in total. The number of rotatable bonds is 1. The van der Waals surface area contributed by atoms with Gasteiger partial charge in [0.25, 0.3) is 0 Å². The molecule has 0 aromatic carbocycles. The minimum atomic E-state index is -0.733. The number of amides is 1. The Hall–Kier alpha value is -1.65. The summed E-state index contributed by atoms with van der Waals surface area (Å²) in [5, 5.41) is 6.77. The highest BCUT2D eigenvalue weighted by molar-refractivity contribution is 6.34. The SMILES string of the molecule is NC(=O)C1=NN=CC=CO1. The molecular formula is C5H5N3O2. The molecule has 0 bridgehead atoms. The molecule has 0 saturated heterocycles. The Kier molecular flexibility index (Phi) is 1.79. The summed E-state index contributed by atoms with van der Waals surface area (Å²) in [7, 11) is 0. The number of carbonyl (C=O) groups is 1. The van der Waals surface area contributed by atoms with Gasteiger partial charge in [-0.1, -0.05) is 0 Å². The van der Waals surface area contributed by atoms with Gasteiger partial charge in [-0.25, -0.2) is 0 Å². The van der Waals surface area contributed by atoms with Crippen LogP contribution in [0, 0.1) is 0 Å². The number of hydrogen-bond acceptors (Lipinski definition) is 4. The summed E-state index contributed by atoms with van der Waals surface area (Å²) < 4.78 is 4.63. The fourth-order valence-corrected chi connectivity index (χ4v) is 0.394. The Labute approximate surface area is 56.9 Å². The first-order valence-corrected chi connectivity index (χ1v) is 2.53. The lowest BCUT2D eigenvalue weighted by molar-refractivity contribution is -0.113. The Morgan fingerprint density at radius 2 is 2.50 bits per heavy atom. The fourth-order valence-electron chi connectivity index (χ4n) is 0.394. The van der Waals surface area contributed by atoms with Gasteiger partial charge >= 0.3 is 11.8 Å². The molecule has 0 aromatic heterocycles. The number of nitrogens with two attached hydrogens (primary N) is 1. The molecule has 1 amide bonds. The third-order valence-electron chi connectivity index (χ3n) is 0.770. The minimum absolute atomic E-state index is 0.204. The predicted octanol–water partition coefficient (Wildman–Crippen LogP) is -0.600. The molecule has 0 unspecified atom stereocenters. The van der Waals surface area contributed by atoms with E-state index in [0.29, 0.717) is 0 Å². The van der Waals surface area contributed by atoms with Crippen molar-refractivity contribution < 1.29 is 9.53 Å². The van der Waals surface area contributed by atoms with Gasteiger partial charge in [0, 0.05) is 0 Å². The second-order valence-electron chi connectivity index (χ2n) is 1.48. The van der Waals surface area contributed by atoms with Crippen molar-refractivity contribution >= 4 is 18.0 Å². The van der Waals surface area contributed by atoms with E-state index in [1.54, 1.807) is 0 Å². The van der Waals surface area contributed by atoms with Crippen molar-refractivity contribution in [1.82, 2.24) is 0 Å². The van der Waals surface area contributed by atoms with Crippen LogP contribution in [0.25, 0.3) is 0 Å². The van der Waals surface area contributed by atoms with Crippen molar-refractivity contribution in [2.75, 3.05) is 0 Å². The zero-order chi connectivity index (χ0) is 7.40. The molecule has 0 fully saturated rings.